The van der Waals surface area contributed by atoms with Gasteiger partial charge in [0.2, 0.25) is 5.91 Å². The summed E-state index contributed by atoms with van der Waals surface area (Å²) in [4.78, 5) is 24.9. The molecule has 0 bridgehead atoms. The number of alkyl halides is 3. The van der Waals surface area contributed by atoms with Crippen LogP contribution in [-0.2, 0) is 9.59 Å². The normalized spacial score (nSPS) is 15.1. The Morgan fingerprint density at radius 2 is 1.94 bits per heavy atom. The molecule has 3 aromatic rings. The van der Waals surface area contributed by atoms with Gasteiger partial charge < -0.3 is 20.1 Å². The monoisotopic (exact) mass is 446 g/mol. The predicted octanol–water partition coefficient (Wildman–Crippen LogP) is 3.98. The number of carbonyl (C=O) groups excluding carboxylic acids is 2. The van der Waals surface area contributed by atoms with Crippen LogP contribution in [0.1, 0.15) is 12.5 Å². The maximum Gasteiger partial charge on any atom is 0.573 e. The Morgan fingerprint density at radius 1 is 1.19 bits per heavy atom. The number of rotatable bonds is 6. The Morgan fingerprint density at radius 3 is 2.69 bits per heavy atom. The van der Waals surface area contributed by atoms with Gasteiger partial charge in [-0.2, -0.15) is 5.10 Å². The van der Waals surface area contributed by atoms with Crippen molar-refractivity contribution in [2.75, 3.05) is 17.7 Å². The fraction of sp³-hybridized carbons (Fsp3) is 0.190. The molecular weight excluding hydrogens is 429 g/mol. The van der Waals surface area contributed by atoms with E-state index < -0.39 is 30.0 Å². The van der Waals surface area contributed by atoms with Crippen LogP contribution in [0.25, 0.3) is 11.1 Å². The molecule has 0 aliphatic carbocycles. The molecule has 0 fully saturated rings. The summed E-state index contributed by atoms with van der Waals surface area (Å²) in [5.74, 6) is -0.366. The second-order valence-corrected chi connectivity index (χ2v) is 6.92. The van der Waals surface area contributed by atoms with Gasteiger partial charge in [-0.25, -0.2) is 4.68 Å². The number of hydrogen-bond donors (Lipinski definition) is 2. The van der Waals surface area contributed by atoms with Gasteiger partial charge in [0, 0.05) is 17.3 Å². The third kappa shape index (κ3) is 4.51. The first-order valence-corrected chi connectivity index (χ1v) is 9.42. The van der Waals surface area contributed by atoms with Crippen molar-refractivity contribution in [1.29, 1.82) is 0 Å². The van der Waals surface area contributed by atoms with Crippen LogP contribution in [0.5, 0.6) is 11.5 Å². The Balaban J connectivity index is 1.48. The van der Waals surface area contributed by atoms with Crippen LogP contribution in [0.4, 0.5) is 24.7 Å². The molecule has 0 saturated carbocycles. The fourth-order valence-electron chi connectivity index (χ4n) is 3.37. The number of fused-ring (bicyclic) bond motifs is 1. The van der Waals surface area contributed by atoms with Crippen molar-refractivity contribution in [2.45, 2.75) is 18.8 Å². The van der Waals surface area contributed by atoms with Crippen LogP contribution in [0.15, 0.2) is 54.7 Å². The van der Waals surface area contributed by atoms with E-state index in [1.165, 1.54) is 16.8 Å². The topological polar surface area (TPSA) is 94.5 Å². The minimum atomic E-state index is -4.85. The maximum absolute atomic E-state index is 12.5. The third-order valence-corrected chi connectivity index (χ3v) is 4.75. The van der Waals surface area contributed by atoms with Crippen molar-refractivity contribution >= 4 is 23.3 Å². The van der Waals surface area contributed by atoms with Gasteiger partial charge in [0.15, 0.2) is 0 Å². The van der Waals surface area contributed by atoms with Crippen LogP contribution in [0.2, 0.25) is 0 Å². The van der Waals surface area contributed by atoms with E-state index in [9.17, 15) is 22.8 Å². The van der Waals surface area contributed by atoms with E-state index in [-0.39, 0.29) is 12.1 Å². The summed E-state index contributed by atoms with van der Waals surface area (Å²) in [7, 11) is 1.54. The molecule has 2 heterocycles. The fourth-order valence-corrected chi connectivity index (χ4v) is 3.37. The molecule has 11 heteroatoms. The summed E-state index contributed by atoms with van der Waals surface area (Å²) in [6, 6.07) is 11.2. The first-order chi connectivity index (χ1) is 15.2. The Hall–Kier alpha value is -4.02. The lowest BCUT2D eigenvalue weighted by Gasteiger charge is -2.12. The molecule has 2 aromatic carbocycles. The molecule has 1 aliphatic heterocycles. The van der Waals surface area contributed by atoms with Crippen molar-refractivity contribution in [3.63, 3.8) is 0 Å². The lowest BCUT2D eigenvalue weighted by atomic mass is 10.1. The van der Waals surface area contributed by atoms with Gasteiger partial charge in [-0.15, -0.1) is 13.2 Å². The van der Waals surface area contributed by atoms with E-state index in [4.69, 9.17) is 4.74 Å². The molecular formula is C21H17F3N4O4. The van der Waals surface area contributed by atoms with E-state index in [0.717, 1.165) is 17.7 Å². The van der Waals surface area contributed by atoms with Gasteiger partial charge in [0.25, 0.3) is 5.91 Å². The van der Waals surface area contributed by atoms with Crippen LogP contribution in [0, 0.1) is 0 Å². The van der Waals surface area contributed by atoms with Crippen LogP contribution >= 0.6 is 0 Å². The van der Waals surface area contributed by atoms with Gasteiger partial charge in [-0.1, -0.05) is 18.2 Å². The highest BCUT2D eigenvalue weighted by atomic mass is 19.4. The number of aromatic nitrogens is 2. The number of methoxy groups -OCH3 is 1. The number of nitrogens with one attached hydrogen (secondary N) is 2. The second-order valence-electron chi connectivity index (χ2n) is 6.92. The van der Waals surface area contributed by atoms with Gasteiger partial charge in [-0.05, 0) is 29.8 Å². The maximum atomic E-state index is 12.5. The average molecular weight is 446 g/mol. The summed E-state index contributed by atoms with van der Waals surface area (Å²) < 4.78 is 47.6. The molecule has 8 nitrogen and oxygen atoms in total. The van der Waals surface area contributed by atoms with Crippen LogP contribution in [-0.4, -0.2) is 35.1 Å². The molecule has 4 rings (SSSR count). The zero-order valence-corrected chi connectivity index (χ0v) is 16.6. The van der Waals surface area contributed by atoms with Crippen molar-refractivity contribution in [2.24, 2.45) is 0 Å². The SMILES string of the molecule is COc1cccc(-c2cnn3c2NC(=O)C3CC(=O)Nc2cccc(OC(F)(F)F)c2)c1. The van der Waals surface area contributed by atoms with Gasteiger partial charge in [-0.3, -0.25) is 9.59 Å². The largest absolute Gasteiger partial charge is 0.573 e. The summed E-state index contributed by atoms with van der Waals surface area (Å²) in [5.41, 5.74) is 1.54. The molecule has 32 heavy (non-hydrogen) atoms. The average Bonchev–Trinajstić information content (AvgIpc) is 3.26. The quantitative estimate of drug-likeness (QED) is 0.598. The summed E-state index contributed by atoms with van der Waals surface area (Å²) in [6.07, 6.45) is -3.53. The summed E-state index contributed by atoms with van der Waals surface area (Å²) >= 11 is 0. The molecule has 1 aromatic heterocycles. The van der Waals surface area contributed by atoms with Crippen molar-refractivity contribution in [3.05, 3.63) is 54.7 Å². The van der Waals surface area contributed by atoms with Gasteiger partial charge in [0.1, 0.15) is 23.4 Å². The van der Waals surface area contributed by atoms with E-state index in [1.807, 2.05) is 6.07 Å². The molecule has 0 saturated heterocycles. The number of halogens is 3. The molecule has 2 amide bonds. The van der Waals surface area contributed by atoms with Crippen molar-refractivity contribution < 1.29 is 32.2 Å². The number of benzene rings is 2. The Labute approximate surface area is 179 Å². The minimum absolute atomic E-state index is 0.105. The zero-order chi connectivity index (χ0) is 22.9. The number of ether oxygens (including phenoxy) is 2. The molecule has 0 spiro atoms. The lowest BCUT2D eigenvalue weighted by Crippen LogP contribution is -2.23. The molecule has 1 unspecified atom stereocenters. The van der Waals surface area contributed by atoms with E-state index in [0.29, 0.717) is 17.1 Å². The molecule has 166 valence electrons. The highest BCUT2D eigenvalue weighted by Gasteiger charge is 2.35. The number of amides is 2. The molecule has 1 aliphatic rings. The second kappa shape index (κ2) is 8.25. The lowest BCUT2D eigenvalue weighted by molar-refractivity contribution is -0.274. The molecule has 1 atom stereocenters. The van der Waals surface area contributed by atoms with E-state index in [2.05, 4.69) is 20.5 Å². The standard InChI is InChI=1S/C21H17F3N4O4/c1-31-14-6-2-4-12(8-14)16-11-25-28-17(20(30)27-19(16)28)10-18(29)26-13-5-3-7-15(9-13)32-21(22,23)24/h2-9,11,17H,10H2,1H3,(H,26,29)(H,27,30). The third-order valence-electron chi connectivity index (χ3n) is 4.75. The predicted molar refractivity (Wildman–Crippen MR) is 108 cm³/mol. The first kappa shape index (κ1) is 21.2. The van der Waals surface area contributed by atoms with Crippen LogP contribution in [0.3, 0.4) is 0 Å². The minimum Gasteiger partial charge on any atom is -0.497 e. The van der Waals surface area contributed by atoms with Crippen LogP contribution < -0.4 is 20.1 Å². The van der Waals surface area contributed by atoms with Crippen molar-refractivity contribution in [1.82, 2.24) is 9.78 Å². The smallest absolute Gasteiger partial charge is 0.497 e. The Kier molecular flexibility index (Phi) is 5.47. The first-order valence-electron chi connectivity index (χ1n) is 9.42. The highest BCUT2D eigenvalue weighted by molar-refractivity contribution is 6.04. The van der Waals surface area contributed by atoms with E-state index >= 15 is 0 Å². The summed E-state index contributed by atoms with van der Waals surface area (Å²) in [6.45, 7) is 0. The number of anilines is 2. The number of carbonyl (C=O) groups is 2. The molecule has 2 N–H and O–H groups in total. The van der Waals surface area contributed by atoms with Crippen molar-refractivity contribution in [3.8, 4) is 22.6 Å². The van der Waals surface area contributed by atoms with Gasteiger partial charge >= 0.3 is 6.36 Å². The number of nitrogens with zero attached hydrogens (tertiary/aromatic N) is 2. The summed E-state index contributed by atoms with van der Waals surface area (Å²) in [5, 5.41) is 9.45. The molecule has 0 radical (unpaired) electrons. The highest BCUT2D eigenvalue weighted by Crippen LogP contribution is 2.36. The Bertz CT molecular complexity index is 1180. The number of hydrogen-bond acceptors (Lipinski definition) is 5. The van der Waals surface area contributed by atoms with E-state index in [1.54, 1.807) is 31.5 Å². The zero-order valence-electron chi connectivity index (χ0n) is 16.6. The van der Waals surface area contributed by atoms with Gasteiger partial charge in [0.05, 0.1) is 19.7 Å².